The second-order valence-corrected chi connectivity index (χ2v) is 10.1. The number of hydrogen-bond donors (Lipinski definition) is 1. The molecule has 1 spiro atoms. The molecule has 2 aliphatic carbocycles. The molecule has 1 N–H and O–H groups in total. The zero-order valence-electron chi connectivity index (χ0n) is 17.2. The lowest BCUT2D eigenvalue weighted by atomic mass is 9.76. The predicted octanol–water partition coefficient (Wildman–Crippen LogP) is 5.40. The van der Waals surface area contributed by atoms with E-state index in [0.29, 0.717) is 5.75 Å². The topological polar surface area (TPSA) is 29.1 Å². The standard InChI is InChI=1S/C26H26NOPS/c1-17-8-10-20(11-9-17)30-16-23(28)27-21-6-2-4-18-12-14-26(24(18)21)15-13-19-5-3-7-22(29)25(19)26/h2-11H,12-16,29H2,1H3,(H,27,28)/t26-/m1/s1. The Labute approximate surface area is 185 Å². The lowest BCUT2D eigenvalue weighted by molar-refractivity contribution is -0.113. The van der Waals surface area contributed by atoms with Crippen molar-refractivity contribution in [3.63, 3.8) is 0 Å². The van der Waals surface area contributed by atoms with Crippen LogP contribution in [0, 0.1) is 6.92 Å². The molecule has 5 rings (SSSR count). The molecule has 0 bridgehead atoms. The first-order valence-electron chi connectivity index (χ1n) is 10.6. The molecule has 0 saturated carbocycles. The highest BCUT2D eigenvalue weighted by molar-refractivity contribution is 8.00. The van der Waals surface area contributed by atoms with Crippen molar-refractivity contribution in [3.8, 4) is 0 Å². The minimum atomic E-state index is 0.0387. The molecule has 0 fully saturated rings. The molecule has 3 aromatic rings. The van der Waals surface area contributed by atoms with Crippen LogP contribution in [0.15, 0.2) is 65.6 Å². The number of benzene rings is 3. The van der Waals surface area contributed by atoms with Gasteiger partial charge in [0, 0.05) is 16.0 Å². The molecule has 152 valence electrons. The largest absolute Gasteiger partial charge is 0.325 e. The number of amides is 1. The SMILES string of the molecule is Cc1ccc(SCC(=O)Nc2cccc3c2[C@]2(CCc4cccc(P)c42)CC3)cc1. The minimum absolute atomic E-state index is 0.0387. The van der Waals surface area contributed by atoms with Crippen LogP contribution in [0.25, 0.3) is 0 Å². The summed E-state index contributed by atoms with van der Waals surface area (Å²) in [5, 5.41) is 4.56. The molecule has 0 radical (unpaired) electrons. The molecule has 30 heavy (non-hydrogen) atoms. The molecule has 2 aliphatic rings. The average molecular weight is 432 g/mol. The van der Waals surface area contributed by atoms with Gasteiger partial charge in [-0.25, -0.2) is 0 Å². The van der Waals surface area contributed by atoms with Crippen molar-refractivity contribution in [3.05, 3.63) is 88.5 Å². The van der Waals surface area contributed by atoms with Gasteiger partial charge in [-0.3, -0.25) is 4.79 Å². The average Bonchev–Trinajstić information content (AvgIpc) is 3.31. The summed E-state index contributed by atoms with van der Waals surface area (Å²) in [7, 11) is 2.94. The van der Waals surface area contributed by atoms with Gasteiger partial charge in [-0.2, -0.15) is 0 Å². The summed E-state index contributed by atoms with van der Waals surface area (Å²) in [5.41, 5.74) is 7.96. The van der Waals surface area contributed by atoms with E-state index in [0.717, 1.165) is 36.3 Å². The molecule has 0 heterocycles. The Kier molecular flexibility index (Phi) is 5.21. The molecular formula is C26H26NOPS. The number of nitrogens with one attached hydrogen (secondary N) is 1. The quantitative estimate of drug-likeness (QED) is 0.442. The van der Waals surface area contributed by atoms with E-state index in [1.54, 1.807) is 11.8 Å². The molecular weight excluding hydrogens is 405 g/mol. The Morgan fingerprint density at radius 2 is 1.63 bits per heavy atom. The van der Waals surface area contributed by atoms with Gasteiger partial charge in [0.25, 0.3) is 0 Å². The minimum Gasteiger partial charge on any atom is -0.325 e. The Balaban J connectivity index is 1.42. The molecule has 0 saturated heterocycles. The van der Waals surface area contributed by atoms with E-state index in [4.69, 9.17) is 0 Å². The number of aryl methyl sites for hydroxylation is 3. The lowest BCUT2D eigenvalue weighted by Crippen LogP contribution is -2.28. The first-order chi connectivity index (χ1) is 14.6. The van der Waals surface area contributed by atoms with Crippen LogP contribution < -0.4 is 10.6 Å². The van der Waals surface area contributed by atoms with Crippen LogP contribution in [0.2, 0.25) is 0 Å². The van der Waals surface area contributed by atoms with Crippen LogP contribution in [0.5, 0.6) is 0 Å². The van der Waals surface area contributed by atoms with Crippen molar-refractivity contribution in [2.75, 3.05) is 11.1 Å². The maximum Gasteiger partial charge on any atom is 0.234 e. The van der Waals surface area contributed by atoms with Crippen LogP contribution >= 0.6 is 21.0 Å². The van der Waals surface area contributed by atoms with E-state index < -0.39 is 0 Å². The van der Waals surface area contributed by atoms with E-state index in [1.165, 1.54) is 33.1 Å². The number of thioether (sulfide) groups is 1. The van der Waals surface area contributed by atoms with Gasteiger partial charge in [-0.05, 0) is 78.4 Å². The molecule has 1 unspecified atom stereocenters. The fraction of sp³-hybridized carbons (Fsp3) is 0.269. The molecule has 3 aromatic carbocycles. The van der Waals surface area contributed by atoms with Crippen LogP contribution in [0.4, 0.5) is 5.69 Å². The van der Waals surface area contributed by atoms with Crippen LogP contribution in [-0.4, -0.2) is 11.7 Å². The van der Waals surface area contributed by atoms with Crippen molar-refractivity contribution in [2.24, 2.45) is 0 Å². The molecule has 4 heteroatoms. The Hall–Kier alpha value is -2.09. The fourth-order valence-electron chi connectivity index (χ4n) is 5.31. The van der Waals surface area contributed by atoms with Gasteiger partial charge in [0.15, 0.2) is 0 Å². The van der Waals surface area contributed by atoms with Gasteiger partial charge in [-0.15, -0.1) is 21.0 Å². The maximum atomic E-state index is 12.8. The molecule has 1 amide bonds. The van der Waals surface area contributed by atoms with Crippen molar-refractivity contribution in [1.29, 1.82) is 0 Å². The van der Waals surface area contributed by atoms with E-state index in [9.17, 15) is 4.79 Å². The zero-order chi connectivity index (χ0) is 20.7. The first-order valence-corrected chi connectivity index (χ1v) is 12.1. The second kappa shape index (κ2) is 7.87. The summed E-state index contributed by atoms with van der Waals surface area (Å²) in [5.74, 6) is 0.485. The van der Waals surface area contributed by atoms with Gasteiger partial charge >= 0.3 is 0 Å². The third-order valence-corrected chi connectivity index (χ3v) is 8.09. The highest BCUT2D eigenvalue weighted by Gasteiger charge is 2.47. The number of hydrogen-bond acceptors (Lipinski definition) is 2. The molecule has 0 aromatic heterocycles. The Morgan fingerprint density at radius 3 is 2.37 bits per heavy atom. The fourth-order valence-corrected chi connectivity index (χ4v) is 6.58. The molecule has 2 atom stereocenters. The summed E-state index contributed by atoms with van der Waals surface area (Å²) in [4.78, 5) is 14.0. The Bertz CT molecular complexity index is 1120. The van der Waals surface area contributed by atoms with Crippen molar-refractivity contribution >= 4 is 37.9 Å². The zero-order valence-corrected chi connectivity index (χ0v) is 19.2. The van der Waals surface area contributed by atoms with E-state index in [-0.39, 0.29) is 11.3 Å². The van der Waals surface area contributed by atoms with Gasteiger partial charge in [-0.1, -0.05) is 48.0 Å². The van der Waals surface area contributed by atoms with Crippen molar-refractivity contribution < 1.29 is 4.79 Å². The Morgan fingerprint density at radius 1 is 0.967 bits per heavy atom. The van der Waals surface area contributed by atoms with Gasteiger partial charge in [0.1, 0.15) is 0 Å². The summed E-state index contributed by atoms with van der Waals surface area (Å²) in [6.45, 7) is 2.08. The summed E-state index contributed by atoms with van der Waals surface area (Å²) in [6.07, 6.45) is 4.45. The number of rotatable bonds is 4. The van der Waals surface area contributed by atoms with E-state index >= 15 is 0 Å². The van der Waals surface area contributed by atoms with Crippen molar-refractivity contribution in [1.82, 2.24) is 0 Å². The second-order valence-electron chi connectivity index (χ2n) is 8.45. The highest BCUT2D eigenvalue weighted by atomic mass is 32.2. The third-order valence-electron chi connectivity index (χ3n) is 6.60. The monoisotopic (exact) mass is 431 g/mol. The normalized spacial score (nSPS) is 19.0. The van der Waals surface area contributed by atoms with Gasteiger partial charge in [0.2, 0.25) is 5.91 Å². The van der Waals surface area contributed by atoms with Crippen LogP contribution in [0.1, 0.15) is 40.7 Å². The summed E-state index contributed by atoms with van der Waals surface area (Å²) < 4.78 is 0. The van der Waals surface area contributed by atoms with Crippen LogP contribution in [0.3, 0.4) is 0 Å². The van der Waals surface area contributed by atoms with Crippen molar-refractivity contribution in [2.45, 2.75) is 42.9 Å². The number of carbonyl (C=O) groups excluding carboxylic acids is 1. The lowest BCUT2D eigenvalue weighted by Gasteiger charge is -2.30. The summed E-state index contributed by atoms with van der Waals surface area (Å²) in [6, 6.07) is 21.4. The maximum absolute atomic E-state index is 12.8. The number of carbonyl (C=O) groups is 1. The third kappa shape index (κ3) is 3.39. The molecule has 2 nitrogen and oxygen atoms in total. The number of fused-ring (bicyclic) bond motifs is 4. The predicted molar refractivity (Wildman–Crippen MR) is 130 cm³/mol. The van der Waals surface area contributed by atoms with Crippen LogP contribution in [-0.2, 0) is 23.1 Å². The summed E-state index contributed by atoms with van der Waals surface area (Å²) >= 11 is 1.59. The highest BCUT2D eigenvalue weighted by Crippen LogP contribution is 2.54. The van der Waals surface area contributed by atoms with Gasteiger partial charge < -0.3 is 5.32 Å². The van der Waals surface area contributed by atoms with E-state index in [2.05, 4.69) is 82.1 Å². The molecule has 0 aliphatic heterocycles. The van der Waals surface area contributed by atoms with Gasteiger partial charge in [0.05, 0.1) is 5.75 Å². The smallest absolute Gasteiger partial charge is 0.234 e. The van der Waals surface area contributed by atoms with E-state index in [1.807, 2.05) is 0 Å². The first kappa shape index (κ1) is 19.8. The number of anilines is 1.